The molecule has 1 heterocycles. The Balaban J connectivity index is 2.23. The predicted molar refractivity (Wildman–Crippen MR) is 65.5 cm³/mol. The normalized spacial score (nSPS) is 21.7. The lowest BCUT2D eigenvalue weighted by Crippen LogP contribution is -2.42. The van der Waals surface area contributed by atoms with Gasteiger partial charge in [-0.2, -0.15) is 0 Å². The summed E-state index contributed by atoms with van der Waals surface area (Å²) in [7, 11) is 1.31. The number of nitrogens with two attached hydrogens (primary N) is 1. The van der Waals surface area contributed by atoms with Crippen LogP contribution in [0.15, 0.2) is 12.1 Å². The van der Waals surface area contributed by atoms with E-state index in [2.05, 4.69) is 5.32 Å². The average molecular weight is 256 g/mol. The minimum atomic E-state index is -0.583. The van der Waals surface area contributed by atoms with Crippen molar-refractivity contribution in [2.75, 3.05) is 13.7 Å². The number of hydrogen-bond donors (Lipinski definition) is 2. The Morgan fingerprint density at radius 3 is 2.72 bits per heavy atom. The van der Waals surface area contributed by atoms with Gasteiger partial charge in [-0.05, 0) is 25.5 Å². The quantitative estimate of drug-likeness (QED) is 0.870. The molecule has 3 N–H and O–H groups in total. The molecule has 0 saturated carbocycles. The van der Waals surface area contributed by atoms with Crippen molar-refractivity contribution in [1.29, 1.82) is 0 Å². The van der Waals surface area contributed by atoms with E-state index in [0.29, 0.717) is 0 Å². The first-order valence-electron chi connectivity index (χ1n) is 6.15. The van der Waals surface area contributed by atoms with Crippen LogP contribution in [0.3, 0.4) is 0 Å². The number of piperidine rings is 1. The van der Waals surface area contributed by atoms with E-state index in [1.54, 1.807) is 0 Å². The van der Waals surface area contributed by atoms with Gasteiger partial charge < -0.3 is 15.8 Å². The van der Waals surface area contributed by atoms with Crippen molar-refractivity contribution in [1.82, 2.24) is 5.32 Å². The zero-order valence-electron chi connectivity index (χ0n) is 10.4. The SMILES string of the molecule is COc1cc(F)c(C(N)C2CCCCN2)cc1F. The molecule has 0 bridgehead atoms. The first kappa shape index (κ1) is 13.2. The molecule has 0 aliphatic carbocycles. The molecule has 2 rings (SSSR count). The van der Waals surface area contributed by atoms with Crippen LogP contribution < -0.4 is 15.8 Å². The molecule has 3 nitrogen and oxygen atoms in total. The molecule has 0 spiro atoms. The summed E-state index contributed by atoms with van der Waals surface area (Å²) in [4.78, 5) is 0. The van der Waals surface area contributed by atoms with Crippen LogP contribution in [-0.4, -0.2) is 19.7 Å². The second-order valence-electron chi connectivity index (χ2n) is 4.59. The zero-order chi connectivity index (χ0) is 13.1. The molecule has 1 aromatic rings. The Hall–Kier alpha value is -1.20. The van der Waals surface area contributed by atoms with Crippen LogP contribution in [0.1, 0.15) is 30.9 Å². The molecule has 1 aromatic carbocycles. The lowest BCUT2D eigenvalue weighted by molar-refractivity contribution is 0.344. The van der Waals surface area contributed by atoms with Gasteiger partial charge in [0.25, 0.3) is 0 Å². The summed E-state index contributed by atoms with van der Waals surface area (Å²) in [6.07, 6.45) is 3.04. The van der Waals surface area contributed by atoms with E-state index in [4.69, 9.17) is 10.5 Å². The highest BCUT2D eigenvalue weighted by molar-refractivity contribution is 5.33. The topological polar surface area (TPSA) is 47.3 Å². The fraction of sp³-hybridized carbons (Fsp3) is 0.538. The van der Waals surface area contributed by atoms with Crippen molar-refractivity contribution < 1.29 is 13.5 Å². The van der Waals surface area contributed by atoms with Crippen molar-refractivity contribution in [2.45, 2.75) is 31.3 Å². The number of ether oxygens (including phenoxy) is 1. The van der Waals surface area contributed by atoms with Gasteiger partial charge in [-0.3, -0.25) is 0 Å². The van der Waals surface area contributed by atoms with E-state index < -0.39 is 17.7 Å². The van der Waals surface area contributed by atoms with Crippen LogP contribution in [0.4, 0.5) is 8.78 Å². The number of nitrogens with one attached hydrogen (secondary N) is 1. The molecule has 1 aliphatic heterocycles. The molecule has 2 atom stereocenters. The van der Waals surface area contributed by atoms with E-state index in [1.165, 1.54) is 7.11 Å². The van der Waals surface area contributed by atoms with Crippen molar-refractivity contribution in [3.63, 3.8) is 0 Å². The first-order valence-corrected chi connectivity index (χ1v) is 6.15. The van der Waals surface area contributed by atoms with Crippen molar-refractivity contribution in [2.24, 2.45) is 5.73 Å². The second kappa shape index (κ2) is 5.63. The van der Waals surface area contributed by atoms with Crippen molar-refractivity contribution in [3.8, 4) is 5.75 Å². The maximum atomic E-state index is 13.9. The van der Waals surface area contributed by atoms with E-state index in [-0.39, 0.29) is 17.4 Å². The summed E-state index contributed by atoms with van der Waals surface area (Å²) < 4.78 is 32.2. The number of benzene rings is 1. The lowest BCUT2D eigenvalue weighted by Gasteiger charge is -2.29. The Morgan fingerprint density at radius 1 is 1.33 bits per heavy atom. The van der Waals surface area contributed by atoms with Crippen LogP contribution in [0.5, 0.6) is 5.75 Å². The Bertz CT molecular complexity index is 420. The summed E-state index contributed by atoms with van der Waals surface area (Å²) >= 11 is 0. The molecule has 5 heteroatoms. The third kappa shape index (κ3) is 2.62. The molecule has 2 unspecified atom stereocenters. The van der Waals surface area contributed by atoms with Crippen molar-refractivity contribution >= 4 is 0 Å². The molecule has 0 amide bonds. The summed E-state index contributed by atoms with van der Waals surface area (Å²) in [5.74, 6) is -1.20. The van der Waals surface area contributed by atoms with Gasteiger partial charge >= 0.3 is 0 Å². The summed E-state index contributed by atoms with van der Waals surface area (Å²) in [6, 6.07) is 1.65. The number of methoxy groups -OCH3 is 1. The number of rotatable bonds is 3. The Labute approximate surface area is 105 Å². The van der Waals surface area contributed by atoms with Crippen LogP contribution in [0, 0.1) is 11.6 Å². The molecule has 1 aliphatic rings. The number of halogens is 2. The summed E-state index contributed by atoms with van der Waals surface area (Å²) in [6.45, 7) is 0.874. The minimum absolute atomic E-state index is 0.000967. The first-order chi connectivity index (χ1) is 8.63. The van der Waals surface area contributed by atoms with E-state index in [1.807, 2.05) is 0 Å². The molecule has 18 heavy (non-hydrogen) atoms. The van der Waals surface area contributed by atoms with Crippen molar-refractivity contribution in [3.05, 3.63) is 29.3 Å². The number of hydrogen-bond acceptors (Lipinski definition) is 3. The minimum Gasteiger partial charge on any atom is -0.494 e. The molecular formula is C13H18F2N2O. The molecule has 1 saturated heterocycles. The van der Waals surface area contributed by atoms with Crippen LogP contribution in [0.2, 0.25) is 0 Å². The van der Waals surface area contributed by atoms with Gasteiger partial charge in [0.2, 0.25) is 0 Å². The van der Waals surface area contributed by atoms with Gasteiger partial charge in [0, 0.05) is 23.7 Å². The second-order valence-corrected chi connectivity index (χ2v) is 4.59. The third-order valence-electron chi connectivity index (χ3n) is 3.41. The van der Waals surface area contributed by atoms with E-state index in [9.17, 15) is 8.78 Å². The van der Waals surface area contributed by atoms with Gasteiger partial charge in [0.05, 0.1) is 7.11 Å². The predicted octanol–water partition coefficient (Wildman–Crippen LogP) is 2.12. The Morgan fingerprint density at radius 2 is 2.11 bits per heavy atom. The highest BCUT2D eigenvalue weighted by Gasteiger charge is 2.25. The van der Waals surface area contributed by atoms with Gasteiger partial charge in [-0.25, -0.2) is 8.78 Å². The van der Waals surface area contributed by atoms with E-state index in [0.717, 1.165) is 37.9 Å². The maximum absolute atomic E-state index is 13.9. The Kier molecular flexibility index (Phi) is 4.14. The monoisotopic (exact) mass is 256 g/mol. The highest BCUT2D eigenvalue weighted by Crippen LogP contribution is 2.28. The largest absolute Gasteiger partial charge is 0.494 e. The van der Waals surface area contributed by atoms with Gasteiger partial charge in [0.1, 0.15) is 5.82 Å². The summed E-state index contributed by atoms with van der Waals surface area (Å²) in [5, 5.41) is 3.25. The van der Waals surface area contributed by atoms with Crippen LogP contribution in [0.25, 0.3) is 0 Å². The van der Waals surface area contributed by atoms with Crippen LogP contribution >= 0.6 is 0 Å². The molecule has 1 fully saturated rings. The smallest absolute Gasteiger partial charge is 0.165 e. The molecular weight excluding hydrogens is 238 g/mol. The fourth-order valence-electron chi connectivity index (χ4n) is 2.36. The molecule has 0 aromatic heterocycles. The zero-order valence-corrected chi connectivity index (χ0v) is 10.4. The van der Waals surface area contributed by atoms with Gasteiger partial charge in [-0.1, -0.05) is 6.42 Å². The van der Waals surface area contributed by atoms with E-state index >= 15 is 0 Å². The molecule has 100 valence electrons. The average Bonchev–Trinajstić information content (AvgIpc) is 2.41. The fourth-order valence-corrected chi connectivity index (χ4v) is 2.36. The van der Waals surface area contributed by atoms with Crippen LogP contribution in [-0.2, 0) is 0 Å². The van der Waals surface area contributed by atoms with Gasteiger partial charge in [0.15, 0.2) is 11.6 Å². The summed E-state index contributed by atoms with van der Waals surface area (Å²) in [5.41, 5.74) is 6.22. The maximum Gasteiger partial charge on any atom is 0.165 e. The van der Waals surface area contributed by atoms with Gasteiger partial charge in [-0.15, -0.1) is 0 Å². The third-order valence-corrected chi connectivity index (χ3v) is 3.41. The highest BCUT2D eigenvalue weighted by atomic mass is 19.1. The molecule has 0 radical (unpaired) electrons. The lowest BCUT2D eigenvalue weighted by atomic mass is 9.93. The standard InChI is InChI=1S/C13H18F2N2O/c1-18-12-7-9(14)8(6-10(12)15)13(16)11-4-2-3-5-17-11/h6-7,11,13,17H,2-5,16H2,1H3.